The molecule has 0 aromatic heterocycles. The average Bonchev–Trinajstić information content (AvgIpc) is 2.80. The molecular formula is C24H28N3O6S+. The Kier molecular flexibility index (Phi) is 9.43. The number of hydrogen-bond donors (Lipinski definition) is 2. The zero-order valence-corrected chi connectivity index (χ0v) is 19.8. The van der Waals surface area contributed by atoms with Gasteiger partial charge in [-0.1, -0.05) is 54.6 Å². The maximum atomic E-state index is 12.0. The molecule has 0 radical (unpaired) electrons. The number of nitrogens with one attached hydrogen (secondary N) is 1. The summed E-state index contributed by atoms with van der Waals surface area (Å²) in [6.45, 7) is 2.53. The van der Waals surface area contributed by atoms with Crippen LogP contribution in [0.3, 0.4) is 0 Å². The van der Waals surface area contributed by atoms with Gasteiger partial charge < -0.3 is 9.80 Å². The summed E-state index contributed by atoms with van der Waals surface area (Å²) in [6, 6.07) is 23.9. The maximum Gasteiger partial charge on any atom is 0.294 e. The molecule has 9 nitrogen and oxygen atoms in total. The molecule has 34 heavy (non-hydrogen) atoms. The molecule has 1 amide bonds. The molecule has 3 aromatic carbocycles. The monoisotopic (exact) mass is 486 g/mol. The van der Waals surface area contributed by atoms with E-state index in [1.807, 2.05) is 36.4 Å². The molecule has 180 valence electrons. The van der Waals surface area contributed by atoms with E-state index in [1.54, 1.807) is 0 Å². The topological polar surface area (TPSA) is 127 Å². The highest BCUT2D eigenvalue weighted by molar-refractivity contribution is 7.85. The summed E-state index contributed by atoms with van der Waals surface area (Å²) in [6.07, 6.45) is 0. The number of rotatable bonds is 8. The second-order valence-electron chi connectivity index (χ2n) is 8.15. The number of nitro benzene ring substituents is 1. The van der Waals surface area contributed by atoms with Crippen molar-refractivity contribution in [2.45, 2.75) is 11.4 Å². The number of quaternary nitrogens is 1. The fourth-order valence-electron chi connectivity index (χ4n) is 3.08. The van der Waals surface area contributed by atoms with Gasteiger partial charge in [0.2, 0.25) is 0 Å². The number of nitrogens with zero attached hydrogens (tertiary/aromatic N) is 2. The average molecular weight is 487 g/mol. The first kappa shape index (κ1) is 26.7. The summed E-state index contributed by atoms with van der Waals surface area (Å²) >= 11 is 0. The van der Waals surface area contributed by atoms with Crippen molar-refractivity contribution >= 4 is 21.7 Å². The van der Waals surface area contributed by atoms with Crippen LogP contribution in [0.5, 0.6) is 0 Å². The Labute approximate surface area is 199 Å². The van der Waals surface area contributed by atoms with Crippen molar-refractivity contribution in [2.24, 2.45) is 0 Å². The molecule has 10 heteroatoms. The lowest BCUT2D eigenvalue weighted by molar-refractivity contribution is -0.902. The van der Waals surface area contributed by atoms with Gasteiger partial charge in [0.15, 0.2) is 0 Å². The Balaban J connectivity index is 0.000000270. The number of carbonyl (C=O) groups is 1. The highest BCUT2D eigenvalue weighted by atomic mass is 32.2. The molecule has 0 spiro atoms. The van der Waals surface area contributed by atoms with Gasteiger partial charge in [-0.25, -0.2) is 0 Å². The predicted molar refractivity (Wildman–Crippen MR) is 129 cm³/mol. The van der Waals surface area contributed by atoms with Crippen LogP contribution in [0.25, 0.3) is 0 Å². The van der Waals surface area contributed by atoms with Gasteiger partial charge in [0.05, 0.1) is 32.1 Å². The van der Waals surface area contributed by atoms with Crippen molar-refractivity contribution in [3.05, 3.63) is 106 Å². The number of hydrogen-bond acceptors (Lipinski definition) is 5. The number of carbonyl (C=O) groups excluding carboxylic acids is 1. The van der Waals surface area contributed by atoms with Crippen LogP contribution >= 0.6 is 0 Å². The molecule has 0 heterocycles. The number of amides is 1. The van der Waals surface area contributed by atoms with Crippen LogP contribution in [0, 0.1) is 10.1 Å². The van der Waals surface area contributed by atoms with Crippen LogP contribution in [0.4, 0.5) is 5.69 Å². The fraction of sp³-hybridized carbons (Fsp3) is 0.208. The number of benzene rings is 3. The van der Waals surface area contributed by atoms with E-state index in [0.717, 1.165) is 35.8 Å². The Bertz CT molecular complexity index is 1200. The van der Waals surface area contributed by atoms with E-state index in [1.165, 1.54) is 11.6 Å². The second kappa shape index (κ2) is 12.0. The molecule has 0 aliphatic carbocycles. The molecule has 2 N–H and O–H groups in total. The van der Waals surface area contributed by atoms with E-state index >= 15 is 0 Å². The van der Waals surface area contributed by atoms with E-state index in [2.05, 4.69) is 43.7 Å². The lowest BCUT2D eigenvalue weighted by atomic mass is 10.2. The van der Waals surface area contributed by atoms with E-state index in [9.17, 15) is 23.3 Å². The highest BCUT2D eigenvalue weighted by Gasteiger charge is 2.16. The zero-order chi connectivity index (χ0) is 25.2. The van der Waals surface area contributed by atoms with Crippen molar-refractivity contribution in [1.29, 1.82) is 0 Å². The number of non-ortho nitro benzene ring substituents is 1. The summed E-state index contributed by atoms with van der Waals surface area (Å²) in [5, 5.41) is 13.2. The largest absolute Gasteiger partial charge is 0.346 e. The minimum absolute atomic E-state index is 0.00434. The molecule has 0 aliphatic heterocycles. The third-order valence-corrected chi connectivity index (χ3v) is 5.67. The maximum absolute atomic E-state index is 12.0. The first-order chi connectivity index (χ1) is 16.0. The van der Waals surface area contributed by atoms with E-state index in [-0.39, 0.29) is 11.6 Å². The van der Waals surface area contributed by atoms with E-state index in [4.69, 9.17) is 4.55 Å². The van der Waals surface area contributed by atoms with Crippen molar-refractivity contribution < 1.29 is 27.2 Å². The van der Waals surface area contributed by atoms with E-state index in [0.29, 0.717) is 12.1 Å². The molecule has 0 bridgehead atoms. The molecule has 3 rings (SSSR count). The highest BCUT2D eigenvalue weighted by Crippen LogP contribution is 2.16. The lowest BCUT2D eigenvalue weighted by Gasteiger charge is -2.30. The normalized spacial score (nSPS) is 11.1. The minimum Gasteiger partial charge on any atom is -0.346 e. The van der Waals surface area contributed by atoms with Crippen LogP contribution < -0.4 is 5.32 Å². The predicted octanol–water partition coefficient (Wildman–Crippen LogP) is 3.53. The van der Waals surface area contributed by atoms with Crippen LogP contribution in [0.2, 0.25) is 0 Å². The van der Waals surface area contributed by atoms with Gasteiger partial charge in [0.1, 0.15) is 11.4 Å². The van der Waals surface area contributed by atoms with Crippen molar-refractivity contribution in [1.82, 2.24) is 5.32 Å². The molecule has 0 atom stereocenters. The molecule has 3 aromatic rings. The molecule has 0 aliphatic rings. The Hall–Kier alpha value is -3.60. The van der Waals surface area contributed by atoms with Crippen LogP contribution in [0.15, 0.2) is 89.8 Å². The van der Waals surface area contributed by atoms with Crippen molar-refractivity contribution in [3.63, 3.8) is 0 Å². The van der Waals surface area contributed by atoms with Gasteiger partial charge in [-0.05, 0) is 18.2 Å². The van der Waals surface area contributed by atoms with Crippen LogP contribution in [0.1, 0.15) is 15.9 Å². The summed E-state index contributed by atoms with van der Waals surface area (Å²) in [7, 11) is 0.00114. The molecule has 0 saturated heterocycles. The zero-order valence-electron chi connectivity index (χ0n) is 19.0. The van der Waals surface area contributed by atoms with Gasteiger partial charge >= 0.3 is 0 Å². The summed E-state index contributed by atoms with van der Waals surface area (Å²) in [5.74, 6) is -0.00434. The molecule has 0 saturated carbocycles. The molecule has 0 fully saturated rings. The first-order valence-electron chi connectivity index (χ1n) is 10.4. The van der Waals surface area contributed by atoms with E-state index < -0.39 is 19.9 Å². The van der Waals surface area contributed by atoms with Crippen LogP contribution in [-0.2, 0) is 16.7 Å². The number of nitro groups is 1. The van der Waals surface area contributed by atoms with Gasteiger partial charge in [0.25, 0.3) is 21.7 Å². The molecular weight excluding hydrogens is 458 g/mol. The second-order valence-corrected chi connectivity index (χ2v) is 9.58. The Morgan fingerprint density at radius 1 is 0.971 bits per heavy atom. The summed E-state index contributed by atoms with van der Waals surface area (Å²) in [5.41, 5.74) is 1.65. The van der Waals surface area contributed by atoms with Crippen LogP contribution in [-0.4, -0.2) is 55.5 Å². The Morgan fingerprint density at radius 3 is 2.12 bits per heavy atom. The SMILES string of the molecule is C[N+](C)(CCNC(=O)c1ccccc1)Cc1ccccc1.O=[N+]([O-])c1cccc(S(=O)(=O)O)c1. The Morgan fingerprint density at radius 2 is 1.56 bits per heavy atom. The number of likely N-dealkylation sites (N-methyl/N-ethyl adjacent to an activating group) is 1. The van der Waals surface area contributed by atoms with Gasteiger partial charge in [-0.2, -0.15) is 8.42 Å². The van der Waals surface area contributed by atoms with Gasteiger partial charge in [-0.15, -0.1) is 0 Å². The van der Waals surface area contributed by atoms with Crippen molar-refractivity contribution in [2.75, 3.05) is 27.2 Å². The third-order valence-electron chi connectivity index (χ3n) is 4.82. The smallest absolute Gasteiger partial charge is 0.294 e. The minimum atomic E-state index is -4.36. The quantitative estimate of drug-likeness (QED) is 0.217. The van der Waals surface area contributed by atoms with Gasteiger partial charge in [-0.3, -0.25) is 19.5 Å². The van der Waals surface area contributed by atoms with Crippen molar-refractivity contribution in [3.8, 4) is 0 Å². The first-order valence-corrected chi connectivity index (χ1v) is 11.8. The summed E-state index contributed by atoms with van der Waals surface area (Å²) < 4.78 is 30.5. The van der Waals surface area contributed by atoms with Gasteiger partial charge in [0, 0.05) is 23.3 Å². The third kappa shape index (κ3) is 9.10. The fourth-order valence-corrected chi connectivity index (χ4v) is 3.60. The molecule has 0 unspecified atom stereocenters. The standard InChI is InChI=1S/C18H22N2O.C6H5NO5S/c1-20(2,15-16-9-5-3-6-10-16)14-13-19-18(21)17-11-7-4-8-12-17;8-7(9)5-2-1-3-6(4-5)13(10,11)12/h3-12H,13-15H2,1-2H3;1-4H,(H,10,11,12)/p+1. The lowest BCUT2D eigenvalue weighted by Crippen LogP contribution is -2.44. The summed E-state index contributed by atoms with van der Waals surface area (Å²) in [4.78, 5) is 21.0.